The summed E-state index contributed by atoms with van der Waals surface area (Å²) in [6, 6.07) is 6.50. The zero-order valence-corrected chi connectivity index (χ0v) is 15.3. The number of likely N-dealkylation sites (tertiary alicyclic amines) is 1. The van der Waals surface area contributed by atoms with Crippen molar-refractivity contribution >= 4 is 23.8 Å². The molecule has 2 aliphatic rings. The highest BCUT2D eigenvalue weighted by Gasteiger charge is 2.49. The molecule has 1 aromatic carbocycles. The average Bonchev–Trinajstić information content (AvgIpc) is 3.01. The Bertz CT molecular complexity index is 643. The summed E-state index contributed by atoms with van der Waals surface area (Å²) in [5.41, 5.74) is 3.28. The maximum Gasteiger partial charge on any atom is 0.410 e. The number of thioether (sulfide) groups is 1. The lowest BCUT2D eigenvalue weighted by atomic mass is 10.0. The van der Waals surface area contributed by atoms with Crippen LogP contribution in [0.5, 0.6) is 0 Å². The quantitative estimate of drug-likeness (QED) is 0.839. The fourth-order valence-corrected chi connectivity index (χ4v) is 4.42. The molecule has 5 nitrogen and oxygen atoms in total. The second-order valence-electron chi connectivity index (χ2n) is 6.96. The lowest BCUT2D eigenvalue weighted by molar-refractivity contribution is -0.128. The molecule has 1 atom stereocenters. The lowest BCUT2D eigenvalue weighted by Gasteiger charge is -2.21. The summed E-state index contributed by atoms with van der Waals surface area (Å²) in [7, 11) is 1.74. The smallest absolute Gasteiger partial charge is 0.410 e. The predicted octanol–water partition coefficient (Wildman–Crippen LogP) is 2.59. The lowest BCUT2D eigenvalue weighted by Crippen LogP contribution is -2.39. The van der Waals surface area contributed by atoms with Gasteiger partial charge in [0.2, 0.25) is 5.91 Å². The van der Waals surface area contributed by atoms with Gasteiger partial charge in [-0.15, -0.1) is 11.8 Å². The summed E-state index contributed by atoms with van der Waals surface area (Å²) >= 11 is 1.64. The standard InChI is InChI=1S/C18H24N2O3S/c1-13-6-14(2)8-15(7-13)9-24-10-16(21)20-5-4-18(12-20)11-19(3)17(22)23-18/h6-8H,4-5,9-12H2,1-3H3/t18-/m1/s1. The Morgan fingerprint density at radius 2 is 1.96 bits per heavy atom. The minimum absolute atomic E-state index is 0.131. The van der Waals surface area contributed by atoms with Gasteiger partial charge in [0.1, 0.15) is 0 Å². The number of amides is 2. The van der Waals surface area contributed by atoms with Crippen molar-refractivity contribution in [1.29, 1.82) is 0 Å². The van der Waals surface area contributed by atoms with Crippen molar-refractivity contribution in [2.75, 3.05) is 32.4 Å². The normalized spacial score (nSPS) is 23.2. The van der Waals surface area contributed by atoms with Crippen molar-refractivity contribution in [2.24, 2.45) is 0 Å². The van der Waals surface area contributed by atoms with Crippen LogP contribution in [-0.2, 0) is 15.3 Å². The summed E-state index contributed by atoms with van der Waals surface area (Å²) in [6.07, 6.45) is 0.449. The van der Waals surface area contributed by atoms with E-state index in [2.05, 4.69) is 32.0 Å². The third kappa shape index (κ3) is 3.69. The van der Waals surface area contributed by atoms with E-state index in [0.717, 1.165) is 12.2 Å². The van der Waals surface area contributed by atoms with Crippen molar-refractivity contribution in [3.63, 3.8) is 0 Å². The highest BCUT2D eigenvalue weighted by molar-refractivity contribution is 7.99. The highest BCUT2D eigenvalue weighted by Crippen LogP contribution is 2.32. The Morgan fingerprint density at radius 3 is 2.58 bits per heavy atom. The number of carbonyl (C=O) groups is 2. The Morgan fingerprint density at radius 1 is 1.25 bits per heavy atom. The molecule has 1 aromatic rings. The zero-order chi connectivity index (χ0) is 17.3. The summed E-state index contributed by atoms with van der Waals surface area (Å²) in [5.74, 6) is 1.43. The van der Waals surface area contributed by atoms with Gasteiger partial charge in [0.05, 0.1) is 18.8 Å². The van der Waals surface area contributed by atoms with E-state index < -0.39 is 5.60 Å². The van der Waals surface area contributed by atoms with Crippen LogP contribution in [0.15, 0.2) is 18.2 Å². The van der Waals surface area contributed by atoms with Gasteiger partial charge in [-0.1, -0.05) is 29.3 Å². The molecular weight excluding hydrogens is 324 g/mol. The molecule has 2 heterocycles. The number of carbonyl (C=O) groups excluding carboxylic acids is 2. The summed E-state index contributed by atoms with van der Waals surface area (Å²) < 4.78 is 5.49. The number of hydrogen-bond donors (Lipinski definition) is 0. The van der Waals surface area contributed by atoms with Gasteiger partial charge in [-0.2, -0.15) is 0 Å². The van der Waals surface area contributed by atoms with Crippen molar-refractivity contribution < 1.29 is 14.3 Å². The summed E-state index contributed by atoms with van der Waals surface area (Å²) in [6.45, 7) is 5.95. The first-order valence-corrected chi connectivity index (χ1v) is 9.39. The Balaban J connectivity index is 1.49. The van der Waals surface area contributed by atoms with Crippen LogP contribution in [0.25, 0.3) is 0 Å². The second kappa shape index (κ2) is 6.67. The third-order valence-electron chi connectivity index (χ3n) is 4.59. The van der Waals surface area contributed by atoms with E-state index in [1.165, 1.54) is 16.7 Å². The largest absolute Gasteiger partial charge is 0.439 e. The molecule has 6 heteroatoms. The Labute approximate surface area is 147 Å². The highest BCUT2D eigenvalue weighted by atomic mass is 32.2. The van der Waals surface area contributed by atoms with E-state index in [1.807, 2.05) is 4.90 Å². The molecule has 0 bridgehead atoms. The van der Waals surface area contributed by atoms with Gasteiger partial charge < -0.3 is 14.5 Å². The van der Waals surface area contributed by atoms with Gasteiger partial charge in [0.25, 0.3) is 0 Å². The minimum atomic E-state index is -0.486. The van der Waals surface area contributed by atoms with E-state index in [0.29, 0.717) is 25.4 Å². The van der Waals surface area contributed by atoms with E-state index in [-0.39, 0.29) is 12.0 Å². The molecule has 3 rings (SSSR count). The Hall–Kier alpha value is -1.69. The summed E-state index contributed by atoms with van der Waals surface area (Å²) in [4.78, 5) is 27.4. The molecule has 2 aliphatic heterocycles. The number of aryl methyl sites for hydroxylation is 2. The van der Waals surface area contributed by atoms with Gasteiger partial charge >= 0.3 is 6.09 Å². The van der Waals surface area contributed by atoms with Crippen LogP contribution >= 0.6 is 11.8 Å². The molecule has 130 valence electrons. The number of rotatable bonds is 4. The number of hydrogen-bond acceptors (Lipinski definition) is 4. The SMILES string of the molecule is Cc1cc(C)cc(CSCC(=O)N2CC[C@@]3(CN(C)C(=O)O3)C2)c1. The third-order valence-corrected chi connectivity index (χ3v) is 5.57. The molecule has 0 aromatic heterocycles. The predicted molar refractivity (Wildman–Crippen MR) is 95.1 cm³/mol. The molecule has 24 heavy (non-hydrogen) atoms. The fraction of sp³-hybridized carbons (Fsp3) is 0.556. The van der Waals surface area contributed by atoms with Gasteiger partial charge in [-0.05, 0) is 19.4 Å². The van der Waals surface area contributed by atoms with Gasteiger partial charge in [0.15, 0.2) is 5.60 Å². The summed E-state index contributed by atoms with van der Waals surface area (Å²) in [5, 5.41) is 0. The molecule has 0 N–H and O–H groups in total. The number of nitrogens with zero attached hydrogens (tertiary/aromatic N) is 2. The molecule has 0 radical (unpaired) electrons. The Kier molecular flexibility index (Phi) is 4.76. The molecule has 1 spiro atoms. The first kappa shape index (κ1) is 17.1. The second-order valence-corrected chi connectivity index (χ2v) is 7.95. The molecule has 0 unspecified atom stereocenters. The van der Waals surface area contributed by atoms with Gasteiger partial charge in [0, 0.05) is 25.8 Å². The maximum atomic E-state index is 12.4. The molecule has 2 saturated heterocycles. The van der Waals surface area contributed by atoms with Crippen molar-refractivity contribution in [3.8, 4) is 0 Å². The van der Waals surface area contributed by atoms with Gasteiger partial charge in [-0.25, -0.2) is 4.79 Å². The molecule has 2 fully saturated rings. The van der Waals surface area contributed by atoms with Crippen LogP contribution in [0, 0.1) is 13.8 Å². The van der Waals surface area contributed by atoms with E-state index in [1.54, 1.807) is 23.7 Å². The topological polar surface area (TPSA) is 49.9 Å². The molecular formula is C18H24N2O3S. The van der Waals surface area contributed by atoms with Gasteiger partial charge in [-0.3, -0.25) is 4.79 Å². The van der Waals surface area contributed by atoms with E-state index in [9.17, 15) is 9.59 Å². The molecule has 2 amide bonds. The number of likely N-dealkylation sites (N-methyl/N-ethyl adjacent to an activating group) is 1. The first-order valence-electron chi connectivity index (χ1n) is 8.24. The minimum Gasteiger partial charge on any atom is -0.439 e. The maximum absolute atomic E-state index is 12.4. The van der Waals surface area contributed by atoms with Crippen LogP contribution in [0.1, 0.15) is 23.1 Å². The number of benzene rings is 1. The van der Waals surface area contributed by atoms with E-state index >= 15 is 0 Å². The molecule has 0 saturated carbocycles. The van der Waals surface area contributed by atoms with Crippen LogP contribution in [0.4, 0.5) is 4.79 Å². The van der Waals surface area contributed by atoms with Crippen molar-refractivity contribution in [2.45, 2.75) is 31.6 Å². The van der Waals surface area contributed by atoms with Crippen LogP contribution in [0.2, 0.25) is 0 Å². The first-order chi connectivity index (χ1) is 11.4. The van der Waals surface area contributed by atoms with Crippen LogP contribution in [0.3, 0.4) is 0 Å². The zero-order valence-electron chi connectivity index (χ0n) is 14.5. The molecule has 0 aliphatic carbocycles. The van der Waals surface area contributed by atoms with Crippen molar-refractivity contribution in [3.05, 3.63) is 34.9 Å². The van der Waals surface area contributed by atoms with Crippen LogP contribution in [-0.4, -0.2) is 59.8 Å². The van der Waals surface area contributed by atoms with E-state index in [4.69, 9.17) is 4.74 Å². The average molecular weight is 348 g/mol. The monoisotopic (exact) mass is 348 g/mol. The van der Waals surface area contributed by atoms with Crippen molar-refractivity contribution in [1.82, 2.24) is 9.80 Å². The fourth-order valence-electron chi connectivity index (χ4n) is 3.56. The number of ether oxygens (including phenoxy) is 1. The van der Waals surface area contributed by atoms with Crippen LogP contribution < -0.4 is 0 Å².